The SMILES string of the molecule is O=C1[C@@H]2C3CCC(C3)[C@@H]2C(=O)N1c1ccc([N+](=O)[O-])c(C(F)(F)F)c1. The van der Waals surface area contributed by atoms with E-state index in [4.69, 9.17) is 0 Å². The molecule has 3 aliphatic rings. The molecule has 1 aliphatic heterocycles. The van der Waals surface area contributed by atoms with E-state index in [0.29, 0.717) is 12.1 Å². The Morgan fingerprint density at radius 2 is 1.64 bits per heavy atom. The van der Waals surface area contributed by atoms with Crippen molar-refractivity contribution < 1.29 is 27.7 Å². The van der Waals surface area contributed by atoms with E-state index < -0.39 is 46.0 Å². The molecular weight excluding hydrogens is 341 g/mol. The summed E-state index contributed by atoms with van der Waals surface area (Å²) in [7, 11) is 0. The van der Waals surface area contributed by atoms with Crippen LogP contribution in [0.5, 0.6) is 0 Å². The zero-order chi connectivity index (χ0) is 18.1. The van der Waals surface area contributed by atoms with Crippen LogP contribution in [-0.4, -0.2) is 16.7 Å². The Labute approximate surface area is 139 Å². The number of hydrogen-bond donors (Lipinski definition) is 0. The van der Waals surface area contributed by atoms with Crippen molar-refractivity contribution in [3.63, 3.8) is 0 Å². The predicted octanol–water partition coefficient (Wildman–Crippen LogP) is 3.15. The van der Waals surface area contributed by atoms with Crippen molar-refractivity contribution >= 4 is 23.2 Å². The fourth-order valence-electron chi connectivity index (χ4n) is 4.71. The smallest absolute Gasteiger partial charge is 0.274 e. The van der Waals surface area contributed by atoms with Gasteiger partial charge in [-0.2, -0.15) is 13.2 Å². The van der Waals surface area contributed by atoms with Gasteiger partial charge in [0, 0.05) is 6.07 Å². The van der Waals surface area contributed by atoms with Crippen molar-refractivity contribution in [2.75, 3.05) is 4.90 Å². The number of alkyl halides is 3. The minimum absolute atomic E-state index is 0.108. The highest BCUT2D eigenvalue weighted by atomic mass is 19.4. The van der Waals surface area contributed by atoms with Crippen LogP contribution in [0.3, 0.4) is 0 Å². The highest BCUT2D eigenvalue weighted by molar-refractivity contribution is 6.22. The maximum atomic E-state index is 13.1. The molecule has 9 heteroatoms. The molecule has 1 aromatic rings. The number of carbonyl (C=O) groups is 2. The topological polar surface area (TPSA) is 80.5 Å². The van der Waals surface area contributed by atoms with E-state index in [2.05, 4.69) is 0 Å². The molecule has 0 N–H and O–H groups in total. The molecule has 2 amide bonds. The van der Waals surface area contributed by atoms with Crippen LogP contribution in [0.2, 0.25) is 0 Å². The summed E-state index contributed by atoms with van der Waals surface area (Å²) >= 11 is 0. The molecule has 0 radical (unpaired) electrons. The molecule has 1 saturated heterocycles. The molecular formula is C16H13F3N2O4. The molecule has 132 valence electrons. The van der Waals surface area contributed by atoms with Crippen molar-refractivity contribution in [3.05, 3.63) is 33.9 Å². The van der Waals surface area contributed by atoms with Gasteiger partial charge in [-0.3, -0.25) is 24.6 Å². The molecule has 2 unspecified atom stereocenters. The van der Waals surface area contributed by atoms with Gasteiger partial charge >= 0.3 is 6.18 Å². The lowest BCUT2D eigenvalue weighted by atomic mass is 9.81. The van der Waals surface area contributed by atoms with E-state index >= 15 is 0 Å². The average Bonchev–Trinajstić information content (AvgIpc) is 3.20. The van der Waals surface area contributed by atoms with Crippen LogP contribution in [0.15, 0.2) is 18.2 Å². The number of anilines is 1. The maximum absolute atomic E-state index is 13.1. The van der Waals surface area contributed by atoms with Gasteiger partial charge in [0.2, 0.25) is 11.8 Å². The lowest BCUT2D eigenvalue weighted by Gasteiger charge is -2.19. The fraction of sp³-hybridized carbons (Fsp3) is 0.500. The number of nitro benzene ring substituents is 1. The molecule has 2 saturated carbocycles. The number of amides is 2. The molecule has 0 aromatic heterocycles. The largest absolute Gasteiger partial charge is 0.423 e. The van der Waals surface area contributed by atoms with Crippen molar-refractivity contribution in [2.45, 2.75) is 25.4 Å². The molecule has 25 heavy (non-hydrogen) atoms. The standard InChI is InChI=1S/C16H13F3N2O4/c17-16(18,19)10-6-9(3-4-11(10)21(24)25)20-14(22)12-7-1-2-8(5-7)13(12)15(20)23/h3-4,6-8,12-13H,1-2,5H2/t7?,8?,12-,13+. The number of hydrogen-bond acceptors (Lipinski definition) is 4. The van der Waals surface area contributed by atoms with Gasteiger partial charge in [0.05, 0.1) is 22.4 Å². The minimum atomic E-state index is -4.96. The summed E-state index contributed by atoms with van der Waals surface area (Å²) in [6.07, 6.45) is -2.44. The summed E-state index contributed by atoms with van der Waals surface area (Å²) in [6, 6.07) is 2.25. The number of nitrogens with zero attached hydrogens (tertiary/aromatic N) is 2. The first-order valence-electron chi connectivity index (χ1n) is 7.93. The first-order valence-corrected chi connectivity index (χ1v) is 7.93. The first-order chi connectivity index (χ1) is 11.7. The van der Waals surface area contributed by atoms with Crippen LogP contribution < -0.4 is 4.90 Å². The van der Waals surface area contributed by atoms with Crippen LogP contribution in [0.25, 0.3) is 0 Å². The highest BCUT2D eigenvalue weighted by Crippen LogP contribution is 2.56. The van der Waals surface area contributed by atoms with Crippen molar-refractivity contribution in [1.82, 2.24) is 0 Å². The van der Waals surface area contributed by atoms with Crippen molar-refractivity contribution in [2.24, 2.45) is 23.7 Å². The van der Waals surface area contributed by atoms with E-state index in [9.17, 15) is 32.9 Å². The summed E-state index contributed by atoms with van der Waals surface area (Å²) in [4.78, 5) is 35.8. The van der Waals surface area contributed by atoms with Crippen LogP contribution in [-0.2, 0) is 15.8 Å². The third-order valence-corrected chi connectivity index (χ3v) is 5.67. The Kier molecular flexibility index (Phi) is 3.23. The highest BCUT2D eigenvalue weighted by Gasteiger charge is 2.61. The number of rotatable bonds is 2. The summed E-state index contributed by atoms with van der Waals surface area (Å²) in [5.41, 5.74) is -2.81. The summed E-state index contributed by atoms with van der Waals surface area (Å²) in [6.45, 7) is 0. The quantitative estimate of drug-likeness (QED) is 0.464. The van der Waals surface area contributed by atoms with Crippen LogP contribution in [0, 0.1) is 33.8 Å². The zero-order valence-electron chi connectivity index (χ0n) is 12.8. The number of nitro groups is 1. The monoisotopic (exact) mass is 354 g/mol. The summed E-state index contributed by atoms with van der Waals surface area (Å²) in [5.74, 6) is -1.67. The summed E-state index contributed by atoms with van der Waals surface area (Å²) < 4.78 is 39.4. The van der Waals surface area contributed by atoms with Gasteiger partial charge in [-0.05, 0) is 43.2 Å². The molecule has 2 bridgehead atoms. The second-order valence-electron chi connectivity index (χ2n) is 6.85. The second-order valence-corrected chi connectivity index (χ2v) is 6.85. The Morgan fingerprint density at radius 3 is 2.12 bits per heavy atom. The maximum Gasteiger partial charge on any atom is 0.423 e. The predicted molar refractivity (Wildman–Crippen MR) is 78.4 cm³/mol. The first kappa shape index (κ1) is 16.0. The van der Waals surface area contributed by atoms with E-state index in [-0.39, 0.29) is 17.5 Å². The average molecular weight is 354 g/mol. The van der Waals surface area contributed by atoms with E-state index in [1.54, 1.807) is 0 Å². The van der Waals surface area contributed by atoms with Crippen LogP contribution in [0.4, 0.5) is 24.5 Å². The van der Waals surface area contributed by atoms with Crippen LogP contribution in [0.1, 0.15) is 24.8 Å². The van der Waals surface area contributed by atoms with E-state index in [0.717, 1.165) is 30.2 Å². The van der Waals surface area contributed by atoms with Crippen molar-refractivity contribution in [1.29, 1.82) is 0 Å². The summed E-state index contributed by atoms with van der Waals surface area (Å²) in [5, 5.41) is 10.8. The van der Waals surface area contributed by atoms with Gasteiger partial charge < -0.3 is 0 Å². The molecule has 1 heterocycles. The van der Waals surface area contributed by atoms with Gasteiger partial charge in [-0.1, -0.05) is 0 Å². The van der Waals surface area contributed by atoms with Gasteiger partial charge in [-0.25, -0.2) is 0 Å². The Hall–Kier alpha value is -2.45. The Morgan fingerprint density at radius 1 is 1.08 bits per heavy atom. The van der Waals surface area contributed by atoms with Gasteiger partial charge in [-0.15, -0.1) is 0 Å². The van der Waals surface area contributed by atoms with Gasteiger partial charge in [0.1, 0.15) is 5.56 Å². The second kappa shape index (κ2) is 5.03. The van der Waals surface area contributed by atoms with Crippen molar-refractivity contribution in [3.8, 4) is 0 Å². The lowest BCUT2D eigenvalue weighted by Crippen LogP contribution is -2.33. The molecule has 3 fully saturated rings. The van der Waals surface area contributed by atoms with E-state index in [1.807, 2.05) is 0 Å². The molecule has 4 atom stereocenters. The Bertz CT molecular complexity index is 779. The number of fused-ring (bicyclic) bond motifs is 5. The number of carbonyl (C=O) groups excluding carboxylic acids is 2. The molecule has 4 rings (SSSR count). The third kappa shape index (κ3) is 2.17. The number of imide groups is 1. The fourth-order valence-corrected chi connectivity index (χ4v) is 4.71. The molecule has 0 spiro atoms. The normalized spacial score (nSPS) is 30.9. The van der Waals surface area contributed by atoms with Gasteiger partial charge in [0.15, 0.2) is 0 Å². The third-order valence-electron chi connectivity index (χ3n) is 5.67. The zero-order valence-corrected chi connectivity index (χ0v) is 12.8. The Balaban J connectivity index is 1.77. The van der Waals surface area contributed by atoms with Crippen LogP contribution >= 0.6 is 0 Å². The van der Waals surface area contributed by atoms with E-state index in [1.165, 1.54) is 0 Å². The van der Waals surface area contributed by atoms with Gasteiger partial charge in [0.25, 0.3) is 5.69 Å². The number of benzene rings is 1. The lowest BCUT2D eigenvalue weighted by molar-refractivity contribution is -0.388. The number of halogens is 3. The molecule has 2 aliphatic carbocycles. The minimum Gasteiger partial charge on any atom is -0.274 e. The molecule has 1 aromatic carbocycles. The molecule has 6 nitrogen and oxygen atoms in total.